The van der Waals surface area contributed by atoms with Gasteiger partial charge in [-0.1, -0.05) is 6.42 Å². The molecule has 0 fully saturated rings. The summed E-state index contributed by atoms with van der Waals surface area (Å²) in [5.74, 6) is -0.306. The molecule has 0 saturated carbocycles. The molecule has 0 amide bonds. The zero-order valence-corrected chi connectivity index (χ0v) is 7.12. The first-order valence-corrected chi connectivity index (χ1v) is 4.10. The van der Waals surface area contributed by atoms with E-state index in [0.717, 1.165) is 19.3 Å². The second-order valence-electron chi connectivity index (χ2n) is 2.45. The predicted molar refractivity (Wildman–Crippen MR) is 44.5 cm³/mol. The SMILES string of the molecule is NCCCCCC(=O)OCC=O. The second kappa shape index (κ2) is 8.20. The first kappa shape index (κ1) is 11.1. The maximum Gasteiger partial charge on any atom is 0.306 e. The zero-order chi connectivity index (χ0) is 9.23. The molecule has 0 aliphatic carbocycles. The highest BCUT2D eigenvalue weighted by atomic mass is 16.5. The van der Waals surface area contributed by atoms with E-state index in [0.29, 0.717) is 19.3 Å². The Bertz CT molecular complexity index is 136. The quantitative estimate of drug-likeness (QED) is 0.340. The van der Waals surface area contributed by atoms with Gasteiger partial charge in [-0.15, -0.1) is 0 Å². The molecule has 0 aromatic rings. The Morgan fingerprint density at radius 2 is 2.08 bits per heavy atom. The Kier molecular flexibility index (Phi) is 7.58. The van der Waals surface area contributed by atoms with Gasteiger partial charge in [-0.3, -0.25) is 9.59 Å². The van der Waals surface area contributed by atoms with Crippen LogP contribution in [0.5, 0.6) is 0 Å². The molecule has 0 aromatic carbocycles. The predicted octanol–water partition coefficient (Wildman–Crippen LogP) is 0.248. The van der Waals surface area contributed by atoms with E-state index in [4.69, 9.17) is 5.73 Å². The third-order valence-electron chi connectivity index (χ3n) is 1.40. The van der Waals surface area contributed by atoms with Gasteiger partial charge in [0.2, 0.25) is 0 Å². The Labute approximate surface area is 72.1 Å². The van der Waals surface area contributed by atoms with Crippen molar-refractivity contribution in [2.75, 3.05) is 13.2 Å². The molecule has 2 N–H and O–H groups in total. The highest BCUT2D eigenvalue weighted by molar-refractivity contribution is 5.71. The average Bonchev–Trinajstić information content (AvgIpc) is 2.09. The lowest BCUT2D eigenvalue weighted by atomic mass is 10.2. The second-order valence-corrected chi connectivity index (χ2v) is 2.45. The van der Waals surface area contributed by atoms with Crippen molar-refractivity contribution in [3.63, 3.8) is 0 Å². The van der Waals surface area contributed by atoms with E-state index in [9.17, 15) is 9.59 Å². The fourth-order valence-corrected chi connectivity index (χ4v) is 0.790. The van der Waals surface area contributed by atoms with Crippen LogP contribution in [-0.2, 0) is 14.3 Å². The Morgan fingerprint density at radius 1 is 1.33 bits per heavy atom. The first-order valence-electron chi connectivity index (χ1n) is 4.10. The summed E-state index contributed by atoms with van der Waals surface area (Å²) in [7, 11) is 0. The fraction of sp³-hybridized carbons (Fsp3) is 0.750. The number of unbranched alkanes of at least 4 members (excludes halogenated alkanes) is 2. The number of nitrogens with two attached hydrogens (primary N) is 1. The van der Waals surface area contributed by atoms with Gasteiger partial charge in [-0.05, 0) is 19.4 Å². The number of carbonyl (C=O) groups excluding carboxylic acids is 2. The van der Waals surface area contributed by atoms with Crippen molar-refractivity contribution < 1.29 is 14.3 Å². The minimum atomic E-state index is -0.306. The molecule has 0 aromatic heterocycles. The molecule has 4 heteroatoms. The molecule has 0 aliphatic rings. The van der Waals surface area contributed by atoms with Crippen LogP contribution in [-0.4, -0.2) is 25.4 Å². The van der Waals surface area contributed by atoms with Gasteiger partial charge in [0.1, 0.15) is 6.61 Å². The van der Waals surface area contributed by atoms with Crippen LogP contribution in [0.15, 0.2) is 0 Å². The number of hydrogen-bond acceptors (Lipinski definition) is 4. The van der Waals surface area contributed by atoms with E-state index >= 15 is 0 Å². The van der Waals surface area contributed by atoms with Gasteiger partial charge >= 0.3 is 5.97 Å². The summed E-state index contributed by atoms with van der Waals surface area (Å²) in [4.78, 5) is 20.5. The van der Waals surface area contributed by atoms with Crippen LogP contribution >= 0.6 is 0 Å². The number of carbonyl (C=O) groups is 2. The topological polar surface area (TPSA) is 69.4 Å². The summed E-state index contributed by atoms with van der Waals surface area (Å²) < 4.78 is 4.53. The highest BCUT2D eigenvalue weighted by Crippen LogP contribution is 1.99. The minimum absolute atomic E-state index is 0.129. The number of hydrogen-bond donors (Lipinski definition) is 1. The Morgan fingerprint density at radius 3 is 2.67 bits per heavy atom. The van der Waals surface area contributed by atoms with Gasteiger partial charge in [0.15, 0.2) is 6.29 Å². The molecule has 0 saturated heterocycles. The lowest BCUT2D eigenvalue weighted by Crippen LogP contribution is -2.06. The summed E-state index contributed by atoms with van der Waals surface area (Å²) in [5, 5.41) is 0. The summed E-state index contributed by atoms with van der Waals surface area (Å²) in [6, 6.07) is 0. The molecule has 0 aliphatic heterocycles. The molecule has 0 radical (unpaired) electrons. The van der Waals surface area contributed by atoms with Crippen molar-refractivity contribution in [1.82, 2.24) is 0 Å². The van der Waals surface area contributed by atoms with Crippen LogP contribution in [0.25, 0.3) is 0 Å². The number of ether oxygens (including phenoxy) is 1. The summed E-state index contributed by atoms with van der Waals surface area (Å²) >= 11 is 0. The summed E-state index contributed by atoms with van der Waals surface area (Å²) in [6.45, 7) is 0.527. The molecule has 0 rings (SSSR count). The monoisotopic (exact) mass is 173 g/mol. The molecule has 0 heterocycles. The largest absolute Gasteiger partial charge is 0.458 e. The number of aldehydes is 1. The summed E-state index contributed by atoms with van der Waals surface area (Å²) in [6.07, 6.45) is 3.61. The van der Waals surface area contributed by atoms with Crippen LogP contribution in [0.2, 0.25) is 0 Å². The fourth-order valence-electron chi connectivity index (χ4n) is 0.790. The molecule has 0 unspecified atom stereocenters. The molecule has 0 bridgehead atoms. The van der Waals surface area contributed by atoms with Gasteiger partial charge in [-0.2, -0.15) is 0 Å². The Hall–Kier alpha value is -0.900. The van der Waals surface area contributed by atoms with Crippen molar-refractivity contribution in [2.45, 2.75) is 25.7 Å². The molecule has 70 valence electrons. The third kappa shape index (κ3) is 7.21. The molecule has 4 nitrogen and oxygen atoms in total. The first-order chi connectivity index (χ1) is 5.81. The molecule has 12 heavy (non-hydrogen) atoms. The zero-order valence-electron chi connectivity index (χ0n) is 7.12. The van der Waals surface area contributed by atoms with Crippen molar-refractivity contribution in [3.8, 4) is 0 Å². The van der Waals surface area contributed by atoms with E-state index in [1.165, 1.54) is 0 Å². The van der Waals surface area contributed by atoms with Crippen molar-refractivity contribution >= 4 is 12.3 Å². The van der Waals surface area contributed by atoms with Crippen molar-refractivity contribution in [1.29, 1.82) is 0 Å². The molecular formula is C8H15NO3. The van der Waals surface area contributed by atoms with E-state index in [1.807, 2.05) is 0 Å². The minimum Gasteiger partial charge on any atom is -0.458 e. The standard InChI is InChI=1S/C8H15NO3/c9-5-3-1-2-4-8(11)12-7-6-10/h6H,1-5,7,9H2. The van der Waals surface area contributed by atoms with Crippen molar-refractivity contribution in [3.05, 3.63) is 0 Å². The smallest absolute Gasteiger partial charge is 0.306 e. The van der Waals surface area contributed by atoms with E-state index in [-0.39, 0.29) is 12.6 Å². The van der Waals surface area contributed by atoms with Gasteiger partial charge < -0.3 is 10.5 Å². The summed E-state index contributed by atoms with van der Waals surface area (Å²) in [5.41, 5.74) is 5.26. The average molecular weight is 173 g/mol. The van der Waals surface area contributed by atoms with Gasteiger partial charge in [-0.25, -0.2) is 0 Å². The van der Waals surface area contributed by atoms with Crippen LogP contribution in [0, 0.1) is 0 Å². The Balaban J connectivity index is 3.13. The van der Waals surface area contributed by atoms with Gasteiger partial charge in [0.05, 0.1) is 0 Å². The van der Waals surface area contributed by atoms with Crippen molar-refractivity contribution in [2.24, 2.45) is 5.73 Å². The van der Waals surface area contributed by atoms with Crippen LogP contribution in [0.1, 0.15) is 25.7 Å². The molecule has 0 atom stereocenters. The van der Waals surface area contributed by atoms with Crippen LogP contribution in [0.3, 0.4) is 0 Å². The third-order valence-corrected chi connectivity index (χ3v) is 1.40. The van der Waals surface area contributed by atoms with E-state index in [2.05, 4.69) is 4.74 Å². The van der Waals surface area contributed by atoms with Crippen LogP contribution in [0.4, 0.5) is 0 Å². The van der Waals surface area contributed by atoms with Gasteiger partial charge in [0.25, 0.3) is 0 Å². The lowest BCUT2D eigenvalue weighted by molar-refractivity contribution is -0.145. The lowest BCUT2D eigenvalue weighted by Gasteiger charge is -1.99. The van der Waals surface area contributed by atoms with Gasteiger partial charge in [0, 0.05) is 6.42 Å². The normalized spacial score (nSPS) is 9.42. The van der Waals surface area contributed by atoms with E-state index in [1.54, 1.807) is 0 Å². The maximum absolute atomic E-state index is 10.8. The molecule has 0 spiro atoms. The number of rotatable bonds is 7. The van der Waals surface area contributed by atoms with Crippen LogP contribution < -0.4 is 5.73 Å². The highest BCUT2D eigenvalue weighted by Gasteiger charge is 2.00. The number of esters is 1. The molecular weight excluding hydrogens is 158 g/mol. The maximum atomic E-state index is 10.8. The van der Waals surface area contributed by atoms with E-state index < -0.39 is 0 Å².